The molecule has 1 atom stereocenters. The van der Waals surface area contributed by atoms with Gasteiger partial charge in [0.1, 0.15) is 11.7 Å². The van der Waals surface area contributed by atoms with E-state index in [2.05, 4.69) is 30.6 Å². The lowest BCUT2D eigenvalue weighted by molar-refractivity contribution is 0.279. The Morgan fingerprint density at radius 3 is 2.53 bits per heavy atom. The largest absolute Gasteiger partial charge is 0.508 e. The van der Waals surface area contributed by atoms with Crippen molar-refractivity contribution in [2.24, 2.45) is 0 Å². The Morgan fingerprint density at radius 1 is 1.05 bits per heavy atom. The molecular weight excluding hydrogens is 594 g/mol. The zero-order valence-electron chi connectivity index (χ0n) is 23.5. The first kappa shape index (κ1) is 30.4. The first-order chi connectivity index (χ1) is 20.7. The van der Waals surface area contributed by atoms with Gasteiger partial charge in [-0.2, -0.15) is 9.97 Å². The first-order valence-electron chi connectivity index (χ1n) is 13.3. The maximum atomic E-state index is 13.0. The number of imidazole rings is 2. The minimum atomic E-state index is -4.03. The SMILES string of the molecule is COP(=O)(CP(=O)(O)c1ccc(Nc2nc(NCCc3cnc[nH]3)nc3c2ncn3CCc2cccc(O)c2)cc1)OC. The van der Waals surface area contributed by atoms with E-state index in [1.54, 1.807) is 49.2 Å². The van der Waals surface area contributed by atoms with Gasteiger partial charge in [0, 0.05) is 56.6 Å². The van der Waals surface area contributed by atoms with Gasteiger partial charge in [-0.15, -0.1) is 0 Å². The number of phenolic OH excluding ortho intramolecular Hbond substituents is 1. The van der Waals surface area contributed by atoms with E-state index in [9.17, 15) is 19.1 Å². The molecule has 0 radical (unpaired) electrons. The van der Waals surface area contributed by atoms with E-state index in [0.29, 0.717) is 54.5 Å². The summed E-state index contributed by atoms with van der Waals surface area (Å²) in [6.07, 6.45) is 6.41. The topological polar surface area (TPSA) is 189 Å². The fourth-order valence-corrected chi connectivity index (χ4v) is 8.61. The molecule has 2 aromatic carbocycles. The van der Waals surface area contributed by atoms with Crippen LogP contribution in [0.5, 0.6) is 5.75 Å². The van der Waals surface area contributed by atoms with Crippen LogP contribution in [-0.4, -0.2) is 66.2 Å². The Labute approximate surface area is 247 Å². The second kappa shape index (κ2) is 13.1. The van der Waals surface area contributed by atoms with Gasteiger partial charge in [-0.1, -0.05) is 12.1 Å². The summed E-state index contributed by atoms with van der Waals surface area (Å²) in [5.41, 5.74) is 3.67. The molecule has 1 unspecified atom stereocenters. The van der Waals surface area contributed by atoms with Crippen LogP contribution in [0.1, 0.15) is 11.3 Å². The van der Waals surface area contributed by atoms with Crippen molar-refractivity contribution in [2.45, 2.75) is 19.4 Å². The van der Waals surface area contributed by atoms with Crippen LogP contribution < -0.4 is 15.9 Å². The van der Waals surface area contributed by atoms with Crippen LogP contribution in [0.2, 0.25) is 0 Å². The highest BCUT2D eigenvalue weighted by Gasteiger charge is 2.35. The molecule has 0 bridgehead atoms. The number of aryl methyl sites for hydroxylation is 2. The molecule has 3 heterocycles. The summed E-state index contributed by atoms with van der Waals surface area (Å²) < 4.78 is 37.0. The average molecular weight is 627 g/mol. The number of hydrogen-bond acceptors (Lipinski definition) is 11. The van der Waals surface area contributed by atoms with Crippen molar-refractivity contribution < 1.29 is 28.2 Å². The number of aromatic hydroxyl groups is 1. The minimum absolute atomic E-state index is 0.109. The number of phenols is 1. The highest BCUT2D eigenvalue weighted by Crippen LogP contribution is 2.59. The lowest BCUT2D eigenvalue weighted by Crippen LogP contribution is -2.11. The van der Waals surface area contributed by atoms with Crippen LogP contribution in [0.3, 0.4) is 0 Å². The summed E-state index contributed by atoms with van der Waals surface area (Å²) in [5.74, 6) is 0.397. The fraction of sp³-hybridized carbons (Fsp3) is 0.259. The van der Waals surface area contributed by atoms with Crippen molar-refractivity contribution in [3.05, 3.63) is 78.6 Å². The number of nitrogens with one attached hydrogen (secondary N) is 3. The van der Waals surface area contributed by atoms with Crippen molar-refractivity contribution in [1.29, 1.82) is 0 Å². The first-order valence-corrected chi connectivity index (χ1v) is 16.9. The molecule has 0 saturated carbocycles. The van der Waals surface area contributed by atoms with Crippen molar-refractivity contribution in [3.63, 3.8) is 0 Å². The third-order valence-corrected chi connectivity index (χ3v) is 11.8. The molecule has 0 aliphatic heterocycles. The lowest BCUT2D eigenvalue weighted by atomic mass is 10.1. The summed E-state index contributed by atoms with van der Waals surface area (Å²) in [4.78, 5) is 31.6. The Kier molecular flexibility index (Phi) is 9.24. The van der Waals surface area contributed by atoms with Crippen molar-refractivity contribution in [1.82, 2.24) is 29.5 Å². The summed E-state index contributed by atoms with van der Waals surface area (Å²) in [7, 11) is -5.38. The second-order valence-electron chi connectivity index (χ2n) is 9.67. The van der Waals surface area contributed by atoms with Gasteiger partial charge < -0.3 is 39.2 Å². The third-order valence-electron chi connectivity index (χ3n) is 6.70. The zero-order valence-corrected chi connectivity index (χ0v) is 25.3. The van der Waals surface area contributed by atoms with E-state index >= 15 is 0 Å². The van der Waals surface area contributed by atoms with Crippen LogP contribution >= 0.6 is 15.0 Å². The van der Waals surface area contributed by atoms with Crippen LogP contribution in [0.25, 0.3) is 11.2 Å². The highest BCUT2D eigenvalue weighted by molar-refractivity contribution is 7.77. The van der Waals surface area contributed by atoms with Gasteiger partial charge in [0.15, 0.2) is 17.0 Å². The minimum Gasteiger partial charge on any atom is -0.508 e. The smallest absolute Gasteiger partial charge is 0.340 e. The summed E-state index contributed by atoms with van der Waals surface area (Å²) in [5, 5.41) is 16.4. The fourth-order valence-electron chi connectivity index (χ4n) is 4.39. The molecule has 0 aliphatic carbocycles. The van der Waals surface area contributed by atoms with E-state index < -0.39 is 20.9 Å². The van der Waals surface area contributed by atoms with Crippen molar-refractivity contribution >= 4 is 48.9 Å². The van der Waals surface area contributed by atoms with E-state index in [1.165, 1.54) is 26.4 Å². The maximum Gasteiger partial charge on any atom is 0.340 e. The van der Waals surface area contributed by atoms with Gasteiger partial charge >= 0.3 is 7.60 Å². The van der Waals surface area contributed by atoms with Crippen LogP contribution in [-0.2, 0) is 37.6 Å². The predicted molar refractivity (Wildman–Crippen MR) is 164 cm³/mol. The molecule has 3 aromatic heterocycles. The summed E-state index contributed by atoms with van der Waals surface area (Å²) in [6.45, 7) is 1.12. The molecule has 5 aromatic rings. The van der Waals surface area contributed by atoms with Gasteiger partial charge in [0.05, 0.1) is 12.7 Å². The molecule has 226 valence electrons. The highest BCUT2D eigenvalue weighted by atomic mass is 31.2. The number of benzene rings is 2. The number of hydrogen-bond donors (Lipinski definition) is 5. The Balaban J connectivity index is 1.39. The number of rotatable bonds is 14. The predicted octanol–water partition coefficient (Wildman–Crippen LogP) is 4.24. The second-order valence-corrected chi connectivity index (χ2v) is 14.7. The van der Waals surface area contributed by atoms with Crippen LogP contribution in [0, 0.1) is 0 Å². The molecule has 0 saturated heterocycles. The number of anilines is 3. The maximum absolute atomic E-state index is 13.0. The number of aromatic amines is 1. The van der Waals surface area contributed by atoms with Gasteiger partial charge in [0.2, 0.25) is 13.3 Å². The van der Waals surface area contributed by atoms with Gasteiger partial charge in [-0.25, -0.2) is 9.97 Å². The van der Waals surface area contributed by atoms with Crippen LogP contribution in [0.4, 0.5) is 17.5 Å². The van der Waals surface area contributed by atoms with E-state index in [1.807, 2.05) is 10.6 Å². The number of fused-ring (bicyclic) bond motifs is 1. The quantitative estimate of drug-likeness (QED) is 0.110. The Morgan fingerprint density at radius 2 is 1.84 bits per heavy atom. The van der Waals surface area contributed by atoms with E-state index in [4.69, 9.17) is 14.0 Å². The summed E-state index contributed by atoms with van der Waals surface area (Å²) in [6, 6.07) is 13.3. The van der Waals surface area contributed by atoms with Crippen molar-refractivity contribution in [3.8, 4) is 5.75 Å². The summed E-state index contributed by atoms with van der Waals surface area (Å²) >= 11 is 0. The van der Waals surface area contributed by atoms with Gasteiger partial charge in [-0.3, -0.25) is 9.13 Å². The number of nitrogens with zero attached hydrogens (tertiary/aromatic N) is 5. The normalized spacial score (nSPS) is 13.2. The molecule has 5 rings (SSSR count). The molecule has 0 fully saturated rings. The molecule has 16 heteroatoms. The molecule has 14 nitrogen and oxygen atoms in total. The van der Waals surface area contributed by atoms with Gasteiger partial charge in [0.25, 0.3) is 0 Å². The Bertz CT molecular complexity index is 1770. The van der Waals surface area contributed by atoms with E-state index in [0.717, 1.165) is 11.3 Å². The standard InChI is InChI=1S/C27H32N8O6P2/c1-40-43(39,41-2)18-42(37,38)23-8-6-20(7-9-23)32-25-24-26(34-27(33-25)29-12-10-21-15-28-16-30-21)35(17-31-24)13-11-19-4-3-5-22(36)14-19/h3-9,14-17,36H,10-13,18H2,1-2H3,(H,28,30)(H,37,38)(H2,29,32,33,34). The molecular formula is C27H32N8O6P2. The molecule has 43 heavy (non-hydrogen) atoms. The van der Waals surface area contributed by atoms with E-state index in [-0.39, 0.29) is 11.1 Å². The molecule has 0 spiro atoms. The number of H-pyrrole nitrogens is 1. The Hall–Kier alpha value is -4.06. The number of aromatic nitrogens is 6. The monoisotopic (exact) mass is 626 g/mol. The zero-order chi connectivity index (χ0) is 30.5. The third kappa shape index (κ3) is 7.48. The van der Waals surface area contributed by atoms with Crippen molar-refractivity contribution in [2.75, 3.05) is 37.3 Å². The molecule has 5 N–H and O–H groups in total. The lowest BCUT2D eigenvalue weighted by Gasteiger charge is -2.18. The average Bonchev–Trinajstić information content (AvgIpc) is 3.66. The molecule has 0 amide bonds. The van der Waals surface area contributed by atoms with Crippen LogP contribution in [0.15, 0.2) is 67.4 Å². The molecule has 0 aliphatic rings. The van der Waals surface area contributed by atoms with Gasteiger partial charge in [-0.05, 0) is 48.4 Å².